The zero-order chi connectivity index (χ0) is 13.5. The number of thioether (sulfide) groups is 1. The van der Waals surface area contributed by atoms with Crippen molar-refractivity contribution in [2.75, 3.05) is 25.1 Å². The molecule has 1 N–H and O–H groups in total. The van der Waals surface area contributed by atoms with E-state index in [0.29, 0.717) is 5.25 Å². The van der Waals surface area contributed by atoms with Crippen molar-refractivity contribution in [1.29, 1.82) is 0 Å². The van der Waals surface area contributed by atoms with Gasteiger partial charge in [-0.3, -0.25) is 0 Å². The van der Waals surface area contributed by atoms with Crippen LogP contribution in [-0.4, -0.2) is 35.0 Å². The predicted molar refractivity (Wildman–Crippen MR) is 80.7 cm³/mol. The topological polar surface area (TPSA) is 47.0 Å². The molecule has 2 rings (SSSR count). The van der Waals surface area contributed by atoms with Gasteiger partial charge in [0.05, 0.1) is 5.75 Å². The monoisotopic (exact) mass is 281 g/mol. The summed E-state index contributed by atoms with van der Waals surface area (Å²) in [6.07, 6.45) is 3.41. The molecule has 0 aliphatic carbocycles. The van der Waals surface area contributed by atoms with Crippen molar-refractivity contribution in [2.24, 2.45) is 0 Å². The van der Waals surface area contributed by atoms with Gasteiger partial charge in [0, 0.05) is 36.8 Å². The van der Waals surface area contributed by atoms with Gasteiger partial charge in [-0.25, -0.2) is 9.97 Å². The van der Waals surface area contributed by atoms with E-state index in [1.54, 1.807) is 0 Å². The number of nitrogens with zero attached hydrogens (tertiary/aromatic N) is 2. The summed E-state index contributed by atoms with van der Waals surface area (Å²) < 4.78 is 5.38. The fourth-order valence-electron chi connectivity index (χ4n) is 2.07. The highest BCUT2D eigenvalue weighted by molar-refractivity contribution is 7.99. The Bertz CT molecular complexity index is 394. The van der Waals surface area contributed by atoms with Crippen LogP contribution in [0.25, 0.3) is 0 Å². The standard InChI is InChI=1S/C14H23N3OS/c1-3-6-15-13-9-11(2)16-14(17-13)10-19-12-4-7-18-8-5-12/h9,12H,3-8,10H2,1-2H3,(H,15,16,17). The zero-order valence-electron chi connectivity index (χ0n) is 11.8. The molecular formula is C14H23N3OS. The molecule has 1 aliphatic rings. The maximum atomic E-state index is 5.38. The third-order valence-electron chi connectivity index (χ3n) is 3.07. The largest absolute Gasteiger partial charge is 0.381 e. The van der Waals surface area contributed by atoms with Gasteiger partial charge in [0.2, 0.25) is 0 Å². The van der Waals surface area contributed by atoms with Crippen LogP contribution in [0.15, 0.2) is 6.07 Å². The Kier molecular flexibility index (Phi) is 5.92. The molecule has 0 amide bonds. The fourth-order valence-corrected chi connectivity index (χ4v) is 3.11. The predicted octanol–water partition coefficient (Wildman–Crippen LogP) is 3.02. The van der Waals surface area contributed by atoms with E-state index in [-0.39, 0.29) is 0 Å². The van der Waals surface area contributed by atoms with Crippen LogP contribution in [0.3, 0.4) is 0 Å². The Balaban J connectivity index is 1.89. The fraction of sp³-hybridized carbons (Fsp3) is 0.714. The number of hydrogen-bond donors (Lipinski definition) is 1. The average Bonchev–Trinajstić information content (AvgIpc) is 2.43. The summed E-state index contributed by atoms with van der Waals surface area (Å²) in [5, 5.41) is 4.03. The molecule has 0 saturated carbocycles. The summed E-state index contributed by atoms with van der Waals surface area (Å²) in [7, 11) is 0. The number of rotatable bonds is 6. The number of anilines is 1. The minimum atomic E-state index is 0.699. The number of aromatic nitrogens is 2. The van der Waals surface area contributed by atoms with Crippen LogP contribution in [0.4, 0.5) is 5.82 Å². The van der Waals surface area contributed by atoms with Crippen molar-refractivity contribution in [3.8, 4) is 0 Å². The highest BCUT2D eigenvalue weighted by Gasteiger charge is 2.15. The lowest BCUT2D eigenvalue weighted by atomic mass is 10.2. The Morgan fingerprint density at radius 1 is 1.37 bits per heavy atom. The highest BCUT2D eigenvalue weighted by Crippen LogP contribution is 2.24. The maximum absolute atomic E-state index is 5.38. The van der Waals surface area contributed by atoms with Gasteiger partial charge in [-0.15, -0.1) is 0 Å². The molecule has 1 aromatic rings. The van der Waals surface area contributed by atoms with Crippen LogP contribution < -0.4 is 5.32 Å². The second kappa shape index (κ2) is 7.70. The second-order valence-electron chi connectivity index (χ2n) is 4.86. The summed E-state index contributed by atoms with van der Waals surface area (Å²) in [6, 6.07) is 2.01. The molecule has 19 heavy (non-hydrogen) atoms. The lowest BCUT2D eigenvalue weighted by Crippen LogP contribution is -2.17. The average molecular weight is 281 g/mol. The first-order valence-corrected chi connectivity index (χ1v) is 8.10. The Morgan fingerprint density at radius 3 is 2.89 bits per heavy atom. The number of ether oxygens (including phenoxy) is 1. The van der Waals surface area contributed by atoms with Crippen LogP contribution in [0.1, 0.15) is 37.7 Å². The molecule has 0 aromatic carbocycles. The highest BCUT2D eigenvalue weighted by atomic mass is 32.2. The SMILES string of the molecule is CCCNc1cc(C)nc(CSC2CCOCC2)n1. The van der Waals surface area contributed by atoms with E-state index in [0.717, 1.165) is 62.1 Å². The number of aryl methyl sites for hydroxylation is 1. The molecule has 0 spiro atoms. The van der Waals surface area contributed by atoms with Crippen LogP contribution >= 0.6 is 11.8 Å². The van der Waals surface area contributed by atoms with Crippen molar-refractivity contribution in [1.82, 2.24) is 9.97 Å². The number of nitrogens with one attached hydrogen (secondary N) is 1. The Labute approximate surface area is 119 Å². The van der Waals surface area contributed by atoms with Gasteiger partial charge in [0.15, 0.2) is 0 Å². The third-order valence-corrected chi connectivity index (χ3v) is 4.44. The molecule has 0 unspecified atom stereocenters. The minimum absolute atomic E-state index is 0.699. The summed E-state index contributed by atoms with van der Waals surface area (Å²) in [6.45, 7) is 6.94. The summed E-state index contributed by atoms with van der Waals surface area (Å²) in [5.74, 6) is 2.79. The Morgan fingerprint density at radius 2 is 2.16 bits per heavy atom. The van der Waals surface area contributed by atoms with E-state index in [2.05, 4.69) is 22.2 Å². The van der Waals surface area contributed by atoms with E-state index in [1.807, 2.05) is 24.8 Å². The van der Waals surface area contributed by atoms with E-state index >= 15 is 0 Å². The van der Waals surface area contributed by atoms with Crippen molar-refractivity contribution in [3.05, 3.63) is 17.6 Å². The first kappa shape index (κ1) is 14.6. The molecule has 1 aliphatic heterocycles. The molecule has 106 valence electrons. The van der Waals surface area contributed by atoms with Crippen LogP contribution in [-0.2, 0) is 10.5 Å². The molecule has 1 aromatic heterocycles. The van der Waals surface area contributed by atoms with Crippen LogP contribution in [0.2, 0.25) is 0 Å². The molecular weight excluding hydrogens is 258 g/mol. The van der Waals surface area contributed by atoms with Gasteiger partial charge in [-0.2, -0.15) is 11.8 Å². The first-order valence-electron chi connectivity index (χ1n) is 7.05. The molecule has 5 heteroatoms. The third kappa shape index (κ3) is 4.99. The van der Waals surface area contributed by atoms with Crippen molar-refractivity contribution >= 4 is 17.6 Å². The summed E-state index contributed by atoms with van der Waals surface area (Å²) in [4.78, 5) is 9.10. The second-order valence-corrected chi connectivity index (χ2v) is 6.15. The van der Waals surface area contributed by atoms with Crippen molar-refractivity contribution in [3.63, 3.8) is 0 Å². The van der Waals surface area contributed by atoms with E-state index in [4.69, 9.17) is 4.74 Å². The summed E-state index contributed by atoms with van der Waals surface area (Å²) >= 11 is 1.96. The van der Waals surface area contributed by atoms with Gasteiger partial charge in [-0.1, -0.05) is 6.92 Å². The molecule has 0 bridgehead atoms. The van der Waals surface area contributed by atoms with Crippen LogP contribution in [0.5, 0.6) is 0 Å². The Hall–Kier alpha value is -0.810. The van der Waals surface area contributed by atoms with E-state index in [1.165, 1.54) is 0 Å². The minimum Gasteiger partial charge on any atom is -0.381 e. The summed E-state index contributed by atoms with van der Waals surface area (Å²) in [5.41, 5.74) is 1.04. The molecule has 0 atom stereocenters. The zero-order valence-corrected chi connectivity index (χ0v) is 12.6. The van der Waals surface area contributed by atoms with E-state index in [9.17, 15) is 0 Å². The lowest BCUT2D eigenvalue weighted by Gasteiger charge is -2.21. The van der Waals surface area contributed by atoms with Gasteiger partial charge < -0.3 is 10.1 Å². The first-order chi connectivity index (χ1) is 9.28. The number of hydrogen-bond acceptors (Lipinski definition) is 5. The smallest absolute Gasteiger partial charge is 0.140 e. The lowest BCUT2D eigenvalue weighted by molar-refractivity contribution is 0.1000. The molecule has 1 fully saturated rings. The van der Waals surface area contributed by atoms with Gasteiger partial charge in [0.1, 0.15) is 11.6 Å². The van der Waals surface area contributed by atoms with Crippen molar-refractivity contribution < 1.29 is 4.74 Å². The normalized spacial score (nSPS) is 16.5. The van der Waals surface area contributed by atoms with E-state index < -0.39 is 0 Å². The van der Waals surface area contributed by atoms with Gasteiger partial charge in [0.25, 0.3) is 0 Å². The van der Waals surface area contributed by atoms with Crippen molar-refractivity contribution in [2.45, 2.75) is 44.1 Å². The van der Waals surface area contributed by atoms with Gasteiger partial charge in [-0.05, 0) is 26.2 Å². The molecule has 1 saturated heterocycles. The maximum Gasteiger partial charge on any atom is 0.140 e. The molecule has 4 nitrogen and oxygen atoms in total. The van der Waals surface area contributed by atoms with Crippen LogP contribution in [0, 0.1) is 6.92 Å². The molecule has 2 heterocycles. The molecule has 0 radical (unpaired) electrons. The van der Waals surface area contributed by atoms with Gasteiger partial charge >= 0.3 is 0 Å². The quantitative estimate of drug-likeness (QED) is 0.868.